The molecule has 2 aromatic rings. The van der Waals surface area contributed by atoms with Crippen LogP contribution in [-0.2, 0) is 11.3 Å². The van der Waals surface area contributed by atoms with Gasteiger partial charge in [-0.15, -0.1) is 0 Å². The maximum absolute atomic E-state index is 12.4. The van der Waals surface area contributed by atoms with E-state index in [2.05, 4.69) is 5.32 Å². The zero-order valence-corrected chi connectivity index (χ0v) is 15.0. The molecule has 0 aromatic heterocycles. The first-order valence-electron chi connectivity index (χ1n) is 7.98. The van der Waals surface area contributed by atoms with E-state index >= 15 is 0 Å². The Hall–Kier alpha value is -2.04. The van der Waals surface area contributed by atoms with E-state index in [1.807, 2.05) is 50.1 Å². The van der Waals surface area contributed by atoms with Gasteiger partial charge in [-0.05, 0) is 62.9 Å². The molecule has 0 spiro atoms. The third kappa shape index (κ3) is 5.25. The molecule has 4 nitrogen and oxygen atoms in total. The second-order valence-corrected chi connectivity index (χ2v) is 6.10. The van der Waals surface area contributed by atoms with Crippen LogP contribution in [0.5, 0.6) is 5.75 Å². The Morgan fingerprint density at radius 1 is 1.17 bits per heavy atom. The average Bonchev–Trinajstić information content (AvgIpc) is 2.58. The molecule has 0 radical (unpaired) electrons. The van der Waals surface area contributed by atoms with Crippen LogP contribution in [0.15, 0.2) is 48.5 Å². The lowest BCUT2D eigenvalue weighted by Crippen LogP contribution is -2.39. The summed E-state index contributed by atoms with van der Waals surface area (Å²) in [6, 6.07) is 14.8. The molecule has 128 valence electrons. The van der Waals surface area contributed by atoms with Crippen molar-refractivity contribution in [3.8, 4) is 5.75 Å². The van der Waals surface area contributed by atoms with Crippen LogP contribution in [0.2, 0.25) is 5.02 Å². The van der Waals surface area contributed by atoms with Gasteiger partial charge in [-0.3, -0.25) is 9.69 Å². The summed E-state index contributed by atoms with van der Waals surface area (Å²) in [5.74, 6) is 0.809. The second kappa shape index (κ2) is 8.71. The number of halogens is 1. The maximum atomic E-state index is 12.4. The van der Waals surface area contributed by atoms with E-state index in [4.69, 9.17) is 16.3 Å². The Bertz CT molecular complexity index is 656. The van der Waals surface area contributed by atoms with E-state index in [-0.39, 0.29) is 11.9 Å². The summed E-state index contributed by atoms with van der Waals surface area (Å²) in [4.78, 5) is 14.4. The minimum absolute atomic E-state index is 0.0502. The first-order valence-corrected chi connectivity index (χ1v) is 8.35. The molecule has 0 unspecified atom stereocenters. The van der Waals surface area contributed by atoms with Crippen LogP contribution < -0.4 is 10.1 Å². The molecule has 0 aliphatic heterocycles. The van der Waals surface area contributed by atoms with Gasteiger partial charge in [0.05, 0.1) is 12.6 Å². The minimum Gasteiger partial charge on any atom is -0.494 e. The smallest absolute Gasteiger partial charge is 0.241 e. The fraction of sp³-hybridized carbons (Fsp3) is 0.316. The lowest BCUT2D eigenvalue weighted by molar-refractivity contribution is -0.120. The molecule has 0 saturated heterocycles. The van der Waals surface area contributed by atoms with Gasteiger partial charge in [0.2, 0.25) is 5.91 Å². The number of hydrogen-bond acceptors (Lipinski definition) is 3. The van der Waals surface area contributed by atoms with Crippen molar-refractivity contribution in [1.29, 1.82) is 0 Å². The molecule has 5 heteroatoms. The lowest BCUT2D eigenvalue weighted by atomic mass is 10.1. The molecule has 1 amide bonds. The number of likely N-dealkylation sites (N-methyl/N-ethyl adjacent to an activating group) is 1. The van der Waals surface area contributed by atoms with Gasteiger partial charge in [0.1, 0.15) is 5.75 Å². The number of anilines is 1. The number of benzene rings is 2. The van der Waals surface area contributed by atoms with Crippen LogP contribution in [0.1, 0.15) is 19.4 Å². The number of hydrogen-bond donors (Lipinski definition) is 1. The molecule has 0 fully saturated rings. The van der Waals surface area contributed by atoms with Crippen LogP contribution in [-0.4, -0.2) is 30.5 Å². The van der Waals surface area contributed by atoms with Crippen LogP contribution in [0.4, 0.5) is 5.69 Å². The van der Waals surface area contributed by atoms with Crippen LogP contribution in [0, 0.1) is 0 Å². The van der Waals surface area contributed by atoms with Crippen LogP contribution in [0.3, 0.4) is 0 Å². The second-order valence-electron chi connectivity index (χ2n) is 5.66. The number of carbonyl (C=O) groups excluding carboxylic acids is 1. The summed E-state index contributed by atoms with van der Waals surface area (Å²) in [6.07, 6.45) is 0. The minimum atomic E-state index is -0.257. The highest BCUT2D eigenvalue weighted by atomic mass is 35.5. The van der Waals surface area contributed by atoms with Crippen molar-refractivity contribution < 1.29 is 9.53 Å². The predicted molar refractivity (Wildman–Crippen MR) is 98.6 cm³/mol. The molecule has 1 atom stereocenters. The summed E-state index contributed by atoms with van der Waals surface area (Å²) in [5, 5.41) is 3.55. The molecule has 2 rings (SSSR count). The number of nitrogens with zero attached hydrogens (tertiary/aromatic N) is 1. The molecular weight excluding hydrogens is 324 g/mol. The Kier molecular flexibility index (Phi) is 6.64. The summed E-state index contributed by atoms with van der Waals surface area (Å²) in [7, 11) is 1.93. The normalized spacial score (nSPS) is 12.0. The van der Waals surface area contributed by atoms with E-state index in [1.165, 1.54) is 0 Å². The number of ether oxygens (including phenoxy) is 1. The van der Waals surface area contributed by atoms with Crippen molar-refractivity contribution in [3.63, 3.8) is 0 Å². The third-order valence-electron chi connectivity index (χ3n) is 3.82. The number of amides is 1. The molecule has 1 N–H and O–H groups in total. The van der Waals surface area contributed by atoms with Gasteiger partial charge in [0.25, 0.3) is 0 Å². The predicted octanol–water partition coefficient (Wildman–Crippen LogP) is 4.20. The Morgan fingerprint density at radius 3 is 2.38 bits per heavy atom. The maximum Gasteiger partial charge on any atom is 0.241 e. The highest BCUT2D eigenvalue weighted by Gasteiger charge is 2.18. The van der Waals surface area contributed by atoms with Gasteiger partial charge in [0.15, 0.2) is 0 Å². The Balaban J connectivity index is 1.91. The molecule has 0 aliphatic carbocycles. The zero-order chi connectivity index (χ0) is 17.5. The number of rotatable bonds is 7. The van der Waals surface area contributed by atoms with Crippen molar-refractivity contribution in [2.45, 2.75) is 26.4 Å². The molecule has 24 heavy (non-hydrogen) atoms. The molecule has 0 heterocycles. The summed E-state index contributed by atoms with van der Waals surface area (Å²) in [5.41, 5.74) is 1.87. The van der Waals surface area contributed by atoms with Crippen LogP contribution >= 0.6 is 11.6 Å². The van der Waals surface area contributed by atoms with E-state index in [0.29, 0.717) is 18.2 Å². The van der Waals surface area contributed by atoms with Gasteiger partial charge in [-0.25, -0.2) is 0 Å². The molecule has 0 aliphatic rings. The fourth-order valence-electron chi connectivity index (χ4n) is 2.26. The van der Waals surface area contributed by atoms with Crippen molar-refractivity contribution >= 4 is 23.2 Å². The largest absolute Gasteiger partial charge is 0.494 e. The number of carbonyl (C=O) groups is 1. The van der Waals surface area contributed by atoms with Crippen molar-refractivity contribution in [1.82, 2.24) is 4.90 Å². The molecule has 2 aromatic carbocycles. The zero-order valence-electron chi connectivity index (χ0n) is 14.3. The van der Waals surface area contributed by atoms with E-state index in [0.717, 1.165) is 17.0 Å². The summed E-state index contributed by atoms with van der Waals surface area (Å²) in [6.45, 7) is 5.19. The number of nitrogens with one attached hydrogen (secondary N) is 1. The monoisotopic (exact) mass is 346 g/mol. The Morgan fingerprint density at radius 2 is 1.79 bits per heavy atom. The van der Waals surface area contributed by atoms with Gasteiger partial charge in [0, 0.05) is 17.3 Å². The van der Waals surface area contributed by atoms with Gasteiger partial charge in [-0.1, -0.05) is 23.7 Å². The van der Waals surface area contributed by atoms with Gasteiger partial charge in [-0.2, -0.15) is 0 Å². The molecule has 0 bridgehead atoms. The quantitative estimate of drug-likeness (QED) is 0.817. The van der Waals surface area contributed by atoms with Crippen molar-refractivity contribution in [2.24, 2.45) is 0 Å². The standard InChI is InChI=1S/C19H23ClN2O2/c1-4-24-18-11-5-15(6-12-18)13-22(3)14(2)19(23)21-17-9-7-16(20)8-10-17/h5-12,14H,4,13H2,1-3H3,(H,21,23)/t14-/m1/s1. The van der Waals surface area contributed by atoms with E-state index < -0.39 is 0 Å². The van der Waals surface area contributed by atoms with Crippen molar-refractivity contribution in [2.75, 3.05) is 19.0 Å². The lowest BCUT2D eigenvalue weighted by Gasteiger charge is -2.24. The van der Waals surface area contributed by atoms with E-state index in [9.17, 15) is 4.79 Å². The fourth-order valence-corrected chi connectivity index (χ4v) is 2.39. The highest BCUT2D eigenvalue weighted by Crippen LogP contribution is 2.16. The third-order valence-corrected chi connectivity index (χ3v) is 4.07. The Labute approximate surface area is 148 Å². The highest BCUT2D eigenvalue weighted by molar-refractivity contribution is 6.30. The average molecular weight is 347 g/mol. The van der Waals surface area contributed by atoms with Gasteiger partial charge < -0.3 is 10.1 Å². The molecular formula is C19H23ClN2O2. The SMILES string of the molecule is CCOc1ccc(CN(C)[C@H](C)C(=O)Nc2ccc(Cl)cc2)cc1. The summed E-state index contributed by atoms with van der Waals surface area (Å²) >= 11 is 5.85. The van der Waals surface area contributed by atoms with E-state index in [1.54, 1.807) is 24.3 Å². The first kappa shape index (κ1) is 18.3. The topological polar surface area (TPSA) is 41.6 Å². The van der Waals surface area contributed by atoms with Crippen molar-refractivity contribution in [3.05, 3.63) is 59.1 Å². The van der Waals surface area contributed by atoms with Gasteiger partial charge >= 0.3 is 0 Å². The summed E-state index contributed by atoms with van der Waals surface area (Å²) < 4.78 is 5.44. The first-order chi connectivity index (χ1) is 11.5. The van der Waals surface area contributed by atoms with Crippen LogP contribution in [0.25, 0.3) is 0 Å². The molecule has 0 saturated carbocycles.